The molecule has 1 amide bonds. The Kier molecular flexibility index (Phi) is 3.82. The topological polar surface area (TPSA) is 20.3 Å². The number of hydrogen-bond donors (Lipinski definition) is 0. The van der Waals surface area contributed by atoms with Gasteiger partial charge in [0.05, 0.1) is 0 Å². The molecule has 2 aromatic rings. The van der Waals surface area contributed by atoms with E-state index in [9.17, 15) is 4.79 Å². The summed E-state index contributed by atoms with van der Waals surface area (Å²) in [4.78, 5) is 13.5. The zero-order chi connectivity index (χ0) is 13.1. The van der Waals surface area contributed by atoms with E-state index in [0.29, 0.717) is 5.56 Å². The standard InChI is InChI=1S/C15H14BrNO/c1-17(2)15(18)13-5-3-4-12(10-13)11-6-8-14(16)9-7-11/h3-10H,1-2H3. The monoisotopic (exact) mass is 303 g/mol. The van der Waals surface area contributed by atoms with Crippen LogP contribution < -0.4 is 0 Å². The van der Waals surface area contributed by atoms with Crippen molar-refractivity contribution in [2.45, 2.75) is 0 Å². The molecular weight excluding hydrogens is 290 g/mol. The average molecular weight is 304 g/mol. The molecule has 18 heavy (non-hydrogen) atoms. The van der Waals surface area contributed by atoms with E-state index in [1.807, 2.05) is 48.5 Å². The molecule has 0 aliphatic rings. The second kappa shape index (κ2) is 5.36. The van der Waals surface area contributed by atoms with E-state index < -0.39 is 0 Å². The third-order valence-electron chi connectivity index (χ3n) is 2.69. The van der Waals surface area contributed by atoms with Gasteiger partial charge in [0.25, 0.3) is 5.91 Å². The van der Waals surface area contributed by atoms with Crippen molar-refractivity contribution in [3.63, 3.8) is 0 Å². The van der Waals surface area contributed by atoms with Crippen LogP contribution >= 0.6 is 15.9 Å². The van der Waals surface area contributed by atoms with Gasteiger partial charge in [-0.3, -0.25) is 4.79 Å². The van der Waals surface area contributed by atoms with Gasteiger partial charge in [-0.15, -0.1) is 0 Å². The number of benzene rings is 2. The van der Waals surface area contributed by atoms with Gasteiger partial charge in [0, 0.05) is 24.1 Å². The molecule has 0 heterocycles. The minimum Gasteiger partial charge on any atom is -0.345 e. The van der Waals surface area contributed by atoms with Crippen molar-refractivity contribution in [1.82, 2.24) is 4.90 Å². The minimum atomic E-state index is 0.0222. The summed E-state index contributed by atoms with van der Waals surface area (Å²) in [6.45, 7) is 0. The lowest BCUT2D eigenvalue weighted by Crippen LogP contribution is -2.21. The fourth-order valence-corrected chi connectivity index (χ4v) is 2.00. The van der Waals surface area contributed by atoms with Gasteiger partial charge in [-0.05, 0) is 35.4 Å². The first-order chi connectivity index (χ1) is 8.58. The van der Waals surface area contributed by atoms with Crippen molar-refractivity contribution >= 4 is 21.8 Å². The second-order valence-electron chi connectivity index (χ2n) is 4.29. The molecule has 0 aliphatic heterocycles. The number of hydrogen-bond acceptors (Lipinski definition) is 1. The van der Waals surface area contributed by atoms with E-state index in [-0.39, 0.29) is 5.91 Å². The summed E-state index contributed by atoms with van der Waals surface area (Å²) >= 11 is 3.41. The van der Waals surface area contributed by atoms with Crippen LogP contribution in [0.4, 0.5) is 0 Å². The van der Waals surface area contributed by atoms with E-state index in [2.05, 4.69) is 15.9 Å². The maximum Gasteiger partial charge on any atom is 0.253 e. The van der Waals surface area contributed by atoms with Gasteiger partial charge in [0.1, 0.15) is 0 Å². The van der Waals surface area contributed by atoms with E-state index in [1.165, 1.54) is 0 Å². The summed E-state index contributed by atoms with van der Waals surface area (Å²) in [5.74, 6) is 0.0222. The van der Waals surface area contributed by atoms with Gasteiger partial charge < -0.3 is 4.90 Å². The lowest BCUT2D eigenvalue weighted by Gasteiger charge is -2.11. The maximum atomic E-state index is 11.9. The van der Waals surface area contributed by atoms with Crippen LogP contribution in [0.15, 0.2) is 53.0 Å². The molecule has 0 aromatic heterocycles. The molecule has 92 valence electrons. The molecule has 0 radical (unpaired) electrons. The first kappa shape index (κ1) is 12.8. The van der Waals surface area contributed by atoms with Gasteiger partial charge in [0.2, 0.25) is 0 Å². The Hall–Kier alpha value is -1.61. The third-order valence-corrected chi connectivity index (χ3v) is 3.22. The summed E-state index contributed by atoms with van der Waals surface area (Å²) in [5.41, 5.74) is 2.86. The Morgan fingerprint density at radius 2 is 1.67 bits per heavy atom. The molecule has 0 atom stereocenters. The molecule has 0 N–H and O–H groups in total. The van der Waals surface area contributed by atoms with Gasteiger partial charge >= 0.3 is 0 Å². The van der Waals surface area contributed by atoms with Crippen LogP contribution in [-0.4, -0.2) is 24.9 Å². The van der Waals surface area contributed by atoms with E-state index >= 15 is 0 Å². The highest BCUT2D eigenvalue weighted by atomic mass is 79.9. The van der Waals surface area contributed by atoms with Crippen LogP contribution in [0.1, 0.15) is 10.4 Å². The van der Waals surface area contributed by atoms with E-state index in [0.717, 1.165) is 15.6 Å². The van der Waals surface area contributed by atoms with Crippen LogP contribution in [0, 0.1) is 0 Å². The summed E-state index contributed by atoms with van der Waals surface area (Å²) < 4.78 is 1.05. The molecule has 3 heteroatoms. The zero-order valence-electron chi connectivity index (χ0n) is 10.4. The first-order valence-corrected chi connectivity index (χ1v) is 6.45. The molecule has 2 nitrogen and oxygen atoms in total. The molecule has 0 fully saturated rings. The van der Waals surface area contributed by atoms with Crippen molar-refractivity contribution in [2.75, 3.05) is 14.1 Å². The molecule has 0 saturated carbocycles. The number of rotatable bonds is 2. The number of nitrogens with zero attached hydrogens (tertiary/aromatic N) is 1. The molecule has 2 rings (SSSR count). The predicted octanol–water partition coefficient (Wildman–Crippen LogP) is 3.82. The van der Waals surface area contributed by atoms with E-state index in [1.54, 1.807) is 19.0 Å². The normalized spacial score (nSPS) is 10.2. The Morgan fingerprint density at radius 3 is 2.28 bits per heavy atom. The molecular formula is C15H14BrNO. The van der Waals surface area contributed by atoms with Crippen molar-refractivity contribution in [3.05, 3.63) is 58.6 Å². The number of halogens is 1. The Labute approximate surface area is 115 Å². The second-order valence-corrected chi connectivity index (χ2v) is 5.20. The molecule has 0 spiro atoms. The number of amides is 1. The van der Waals surface area contributed by atoms with Crippen LogP contribution in [-0.2, 0) is 0 Å². The zero-order valence-corrected chi connectivity index (χ0v) is 11.9. The van der Waals surface area contributed by atoms with Gasteiger partial charge in [0.15, 0.2) is 0 Å². The first-order valence-electron chi connectivity index (χ1n) is 5.65. The van der Waals surface area contributed by atoms with Gasteiger partial charge in [-0.1, -0.05) is 40.2 Å². The molecule has 0 saturated heterocycles. The lowest BCUT2D eigenvalue weighted by molar-refractivity contribution is 0.0827. The quantitative estimate of drug-likeness (QED) is 0.826. The van der Waals surface area contributed by atoms with Crippen LogP contribution in [0.5, 0.6) is 0 Å². The third kappa shape index (κ3) is 2.79. The fourth-order valence-electron chi connectivity index (χ4n) is 1.73. The van der Waals surface area contributed by atoms with Crippen molar-refractivity contribution in [3.8, 4) is 11.1 Å². The van der Waals surface area contributed by atoms with Crippen molar-refractivity contribution in [1.29, 1.82) is 0 Å². The fraction of sp³-hybridized carbons (Fsp3) is 0.133. The highest BCUT2D eigenvalue weighted by Crippen LogP contribution is 2.22. The van der Waals surface area contributed by atoms with Crippen LogP contribution in [0.3, 0.4) is 0 Å². The SMILES string of the molecule is CN(C)C(=O)c1cccc(-c2ccc(Br)cc2)c1. The Balaban J connectivity index is 2.38. The smallest absolute Gasteiger partial charge is 0.253 e. The summed E-state index contributed by atoms with van der Waals surface area (Å²) in [6.07, 6.45) is 0. The molecule has 0 unspecified atom stereocenters. The molecule has 2 aromatic carbocycles. The van der Waals surface area contributed by atoms with Crippen molar-refractivity contribution < 1.29 is 4.79 Å². The van der Waals surface area contributed by atoms with Crippen molar-refractivity contribution in [2.24, 2.45) is 0 Å². The minimum absolute atomic E-state index is 0.0222. The summed E-state index contributed by atoms with van der Waals surface area (Å²) in [6, 6.07) is 15.7. The average Bonchev–Trinajstić information content (AvgIpc) is 2.38. The largest absolute Gasteiger partial charge is 0.345 e. The number of carbonyl (C=O) groups is 1. The number of carbonyl (C=O) groups excluding carboxylic acids is 1. The van der Waals surface area contributed by atoms with Crippen LogP contribution in [0.25, 0.3) is 11.1 Å². The van der Waals surface area contributed by atoms with Crippen LogP contribution in [0.2, 0.25) is 0 Å². The highest BCUT2D eigenvalue weighted by molar-refractivity contribution is 9.10. The molecule has 0 bridgehead atoms. The summed E-state index contributed by atoms with van der Waals surface area (Å²) in [5, 5.41) is 0. The Morgan fingerprint density at radius 1 is 1.00 bits per heavy atom. The molecule has 0 aliphatic carbocycles. The van der Waals surface area contributed by atoms with Gasteiger partial charge in [-0.2, -0.15) is 0 Å². The summed E-state index contributed by atoms with van der Waals surface area (Å²) in [7, 11) is 3.52. The lowest BCUT2D eigenvalue weighted by atomic mass is 10.0. The highest BCUT2D eigenvalue weighted by Gasteiger charge is 2.08. The predicted molar refractivity (Wildman–Crippen MR) is 77.6 cm³/mol. The van der Waals surface area contributed by atoms with Gasteiger partial charge in [-0.25, -0.2) is 0 Å². The Bertz CT molecular complexity index is 561. The maximum absolute atomic E-state index is 11.9. The van der Waals surface area contributed by atoms with E-state index in [4.69, 9.17) is 0 Å².